The van der Waals surface area contributed by atoms with Crippen LogP contribution in [0.2, 0.25) is 0 Å². The van der Waals surface area contributed by atoms with E-state index in [0.717, 1.165) is 30.4 Å². The summed E-state index contributed by atoms with van der Waals surface area (Å²) in [6, 6.07) is 0. The van der Waals surface area contributed by atoms with E-state index in [-0.39, 0.29) is 11.8 Å². The average Bonchev–Trinajstić information content (AvgIpc) is 2.82. The average molecular weight is 283 g/mol. The first-order chi connectivity index (χ1) is 9.49. The highest BCUT2D eigenvalue weighted by Gasteiger charge is 2.42. The van der Waals surface area contributed by atoms with Crippen LogP contribution in [0.25, 0.3) is 0 Å². The predicted octanol–water partition coefficient (Wildman–Crippen LogP) is 3.40. The van der Waals surface area contributed by atoms with Gasteiger partial charge in [-0.25, -0.2) is 9.67 Å². The lowest BCUT2D eigenvalue weighted by molar-refractivity contribution is -0.143. The van der Waals surface area contributed by atoms with Crippen molar-refractivity contribution in [3.8, 4) is 0 Å². The lowest BCUT2D eigenvalue weighted by atomic mass is 9.93. The van der Waals surface area contributed by atoms with Crippen molar-refractivity contribution in [1.29, 1.82) is 0 Å². The van der Waals surface area contributed by atoms with E-state index in [9.17, 15) is 13.2 Å². The van der Waals surface area contributed by atoms with E-state index in [1.807, 2.05) is 0 Å². The summed E-state index contributed by atoms with van der Waals surface area (Å²) in [5, 5.41) is 4.15. The Morgan fingerprint density at radius 3 is 2.55 bits per heavy atom. The van der Waals surface area contributed by atoms with Crippen molar-refractivity contribution in [2.75, 3.05) is 0 Å². The van der Waals surface area contributed by atoms with E-state index in [0.29, 0.717) is 23.5 Å². The summed E-state index contributed by atoms with van der Waals surface area (Å²) in [7, 11) is 0. The molecule has 20 heavy (non-hydrogen) atoms. The van der Waals surface area contributed by atoms with Crippen LogP contribution in [0.1, 0.15) is 49.2 Å². The fourth-order valence-electron chi connectivity index (χ4n) is 3.52. The number of allylic oxidation sites excluding steroid dienone is 2. The number of fused-ring (bicyclic) bond motifs is 2. The molecule has 108 valence electrons. The molecule has 0 saturated heterocycles. The fourth-order valence-corrected chi connectivity index (χ4v) is 3.52. The third-order valence-electron chi connectivity index (χ3n) is 4.60. The number of nitrogens with zero attached hydrogens (tertiary/aromatic N) is 3. The molecule has 0 spiro atoms. The number of hydrogen-bond donors (Lipinski definition) is 0. The first kappa shape index (κ1) is 12.4. The molecular weight excluding hydrogens is 267 g/mol. The highest BCUT2D eigenvalue weighted by Crippen LogP contribution is 2.49. The number of hydrogen-bond acceptors (Lipinski definition) is 2. The van der Waals surface area contributed by atoms with Crippen LogP contribution in [0.5, 0.6) is 0 Å². The molecule has 6 heteroatoms. The summed E-state index contributed by atoms with van der Waals surface area (Å²) >= 11 is 0. The van der Waals surface area contributed by atoms with E-state index < -0.39 is 12.7 Å². The van der Waals surface area contributed by atoms with Crippen LogP contribution in [0.4, 0.5) is 13.2 Å². The number of rotatable bonds is 3. The van der Waals surface area contributed by atoms with Crippen LogP contribution >= 0.6 is 0 Å². The summed E-state index contributed by atoms with van der Waals surface area (Å²) in [5.41, 5.74) is 0. The molecule has 0 aliphatic heterocycles. The topological polar surface area (TPSA) is 30.7 Å². The molecule has 4 rings (SSSR count). The molecule has 1 aromatic heterocycles. The second-order valence-electron chi connectivity index (χ2n) is 6.26. The molecule has 0 aromatic carbocycles. The number of aromatic nitrogens is 3. The summed E-state index contributed by atoms with van der Waals surface area (Å²) in [4.78, 5) is 4.48. The van der Waals surface area contributed by atoms with Gasteiger partial charge in [0, 0.05) is 11.8 Å². The summed E-state index contributed by atoms with van der Waals surface area (Å²) in [5.74, 6) is 2.45. The van der Waals surface area contributed by atoms with Gasteiger partial charge in [0.2, 0.25) is 0 Å². The minimum Gasteiger partial charge on any atom is -0.240 e. The summed E-state index contributed by atoms with van der Waals surface area (Å²) in [6.45, 7) is -1.01. The molecule has 3 aliphatic carbocycles. The Balaban J connectivity index is 1.67. The minimum absolute atomic E-state index is 0.118. The summed E-state index contributed by atoms with van der Waals surface area (Å²) in [6.07, 6.45) is 4.08. The predicted molar refractivity (Wildman–Crippen MR) is 66.1 cm³/mol. The molecule has 1 aromatic rings. The van der Waals surface area contributed by atoms with Gasteiger partial charge in [-0.05, 0) is 37.5 Å². The van der Waals surface area contributed by atoms with Gasteiger partial charge in [-0.15, -0.1) is 0 Å². The maximum absolute atomic E-state index is 12.7. The third-order valence-corrected chi connectivity index (χ3v) is 4.60. The molecule has 3 aliphatic rings. The smallest absolute Gasteiger partial charge is 0.240 e. The van der Waals surface area contributed by atoms with E-state index >= 15 is 0 Å². The van der Waals surface area contributed by atoms with Crippen molar-refractivity contribution in [1.82, 2.24) is 14.8 Å². The maximum atomic E-state index is 12.7. The van der Waals surface area contributed by atoms with Crippen LogP contribution in [0.3, 0.4) is 0 Å². The SMILES string of the molecule is FC(F)(F)Cn1nc(C2CC2)nc1[C@@H]1C[C@@H]2C=C[C@H]1C2. The van der Waals surface area contributed by atoms with Crippen molar-refractivity contribution >= 4 is 0 Å². The van der Waals surface area contributed by atoms with E-state index in [4.69, 9.17) is 0 Å². The van der Waals surface area contributed by atoms with Gasteiger partial charge in [0.05, 0.1) is 0 Å². The number of alkyl halides is 3. The van der Waals surface area contributed by atoms with Gasteiger partial charge in [-0.2, -0.15) is 18.3 Å². The molecule has 0 radical (unpaired) electrons. The van der Waals surface area contributed by atoms with Crippen molar-refractivity contribution in [2.45, 2.75) is 50.2 Å². The Morgan fingerprint density at radius 2 is 2.00 bits per heavy atom. The van der Waals surface area contributed by atoms with Crippen LogP contribution in [-0.2, 0) is 6.54 Å². The summed E-state index contributed by atoms with van der Waals surface area (Å²) < 4.78 is 39.3. The van der Waals surface area contributed by atoms with Crippen molar-refractivity contribution in [3.05, 3.63) is 23.8 Å². The highest BCUT2D eigenvalue weighted by atomic mass is 19.4. The Bertz CT molecular complexity index is 557. The molecule has 0 N–H and O–H groups in total. The lowest BCUT2D eigenvalue weighted by Gasteiger charge is -2.18. The van der Waals surface area contributed by atoms with Gasteiger partial charge in [0.1, 0.15) is 12.4 Å². The van der Waals surface area contributed by atoms with Crippen LogP contribution in [0, 0.1) is 11.8 Å². The molecular formula is C14H16F3N3. The van der Waals surface area contributed by atoms with Gasteiger partial charge in [0.25, 0.3) is 0 Å². The van der Waals surface area contributed by atoms with Crippen LogP contribution in [-0.4, -0.2) is 20.9 Å². The van der Waals surface area contributed by atoms with Crippen LogP contribution in [0.15, 0.2) is 12.2 Å². The van der Waals surface area contributed by atoms with Crippen molar-refractivity contribution < 1.29 is 13.2 Å². The fraction of sp³-hybridized carbons (Fsp3) is 0.714. The van der Waals surface area contributed by atoms with Crippen molar-refractivity contribution in [3.63, 3.8) is 0 Å². The largest absolute Gasteiger partial charge is 0.408 e. The Hall–Kier alpha value is -1.33. The highest BCUT2D eigenvalue weighted by molar-refractivity contribution is 5.20. The Labute approximate surface area is 114 Å². The quantitative estimate of drug-likeness (QED) is 0.796. The second-order valence-corrected chi connectivity index (χ2v) is 6.26. The maximum Gasteiger partial charge on any atom is 0.408 e. The third kappa shape index (κ3) is 2.15. The molecule has 2 saturated carbocycles. The lowest BCUT2D eigenvalue weighted by Crippen LogP contribution is -2.23. The minimum atomic E-state index is -4.24. The molecule has 0 amide bonds. The van der Waals surface area contributed by atoms with Gasteiger partial charge in [-0.3, -0.25) is 0 Å². The zero-order chi connectivity index (χ0) is 13.9. The van der Waals surface area contributed by atoms with E-state index in [2.05, 4.69) is 22.2 Å². The Morgan fingerprint density at radius 1 is 1.20 bits per heavy atom. The molecule has 2 fully saturated rings. The first-order valence-electron chi connectivity index (χ1n) is 7.19. The number of halogens is 3. The van der Waals surface area contributed by atoms with Gasteiger partial charge >= 0.3 is 6.18 Å². The van der Waals surface area contributed by atoms with Gasteiger partial charge < -0.3 is 0 Å². The zero-order valence-electron chi connectivity index (χ0n) is 11.0. The second kappa shape index (κ2) is 4.09. The molecule has 0 unspecified atom stereocenters. The van der Waals surface area contributed by atoms with Crippen molar-refractivity contribution in [2.24, 2.45) is 11.8 Å². The van der Waals surface area contributed by atoms with Gasteiger partial charge in [-0.1, -0.05) is 12.2 Å². The first-order valence-corrected chi connectivity index (χ1v) is 7.19. The molecule has 3 nitrogen and oxygen atoms in total. The zero-order valence-corrected chi connectivity index (χ0v) is 11.0. The molecule has 3 atom stereocenters. The van der Waals surface area contributed by atoms with Crippen LogP contribution < -0.4 is 0 Å². The molecule has 2 bridgehead atoms. The Kier molecular flexibility index (Phi) is 2.54. The van der Waals surface area contributed by atoms with E-state index in [1.165, 1.54) is 0 Å². The van der Waals surface area contributed by atoms with E-state index in [1.54, 1.807) is 0 Å². The monoisotopic (exact) mass is 283 g/mol. The molecule has 1 heterocycles. The van der Waals surface area contributed by atoms with Gasteiger partial charge in [0.15, 0.2) is 5.82 Å². The standard InChI is InChI=1S/C14H16F3N3/c15-14(16,17)7-20-13(18-12(19-20)9-3-4-9)11-6-8-1-2-10(11)5-8/h1-2,8-11H,3-7H2/t8-,10+,11-/m1/s1. The normalized spacial score (nSPS) is 32.2.